The van der Waals surface area contributed by atoms with Gasteiger partial charge in [-0.2, -0.15) is 0 Å². The molecule has 7 heteroatoms. The van der Waals surface area contributed by atoms with Gasteiger partial charge in [-0.3, -0.25) is 4.90 Å². The lowest BCUT2D eigenvalue weighted by atomic mass is 10.1. The van der Waals surface area contributed by atoms with Crippen LogP contribution in [0.2, 0.25) is 5.02 Å². The van der Waals surface area contributed by atoms with Gasteiger partial charge < -0.3 is 0 Å². The molecule has 1 aliphatic heterocycles. The zero-order valence-corrected chi connectivity index (χ0v) is 15.2. The Morgan fingerprint density at radius 3 is 2.91 bits per heavy atom. The summed E-state index contributed by atoms with van der Waals surface area (Å²) in [6, 6.07) is 8.78. The fraction of sp³-hybridized carbons (Fsp3) is 0.375. The van der Waals surface area contributed by atoms with Gasteiger partial charge in [0, 0.05) is 30.6 Å². The Morgan fingerprint density at radius 2 is 2.13 bits per heavy atom. The van der Waals surface area contributed by atoms with Gasteiger partial charge in [-0.1, -0.05) is 23.7 Å². The monoisotopic (exact) mass is 370 g/mol. The number of benzene rings is 1. The highest BCUT2D eigenvalue weighted by molar-refractivity contribution is 7.89. The lowest BCUT2D eigenvalue weighted by molar-refractivity contribution is 0.193. The summed E-state index contributed by atoms with van der Waals surface area (Å²) in [7, 11) is -3.58. The molecular weight excluding hydrogens is 352 g/mol. The van der Waals surface area contributed by atoms with E-state index < -0.39 is 10.0 Å². The zero-order valence-electron chi connectivity index (χ0n) is 12.8. The molecule has 1 aromatic heterocycles. The van der Waals surface area contributed by atoms with Gasteiger partial charge in [0.25, 0.3) is 0 Å². The van der Waals surface area contributed by atoms with Crippen LogP contribution in [0.15, 0.2) is 40.6 Å². The number of nitrogens with one attached hydrogen (secondary N) is 1. The Kier molecular flexibility index (Phi) is 5.08. The number of hydrogen-bond donors (Lipinski definition) is 1. The molecule has 3 rings (SSSR count). The van der Waals surface area contributed by atoms with E-state index in [4.69, 9.17) is 11.6 Å². The summed E-state index contributed by atoms with van der Waals surface area (Å²) in [6.07, 6.45) is 1.04. The fourth-order valence-electron chi connectivity index (χ4n) is 2.75. The highest BCUT2D eigenvalue weighted by atomic mass is 35.5. The van der Waals surface area contributed by atoms with Crippen LogP contribution in [-0.4, -0.2) is 32.4 Å². The molecule has 0 saturated heterocycles. The van der Waals surface area contributed by atoms with Crippen LogP contribution in [0, 0.1) is 0 Å². The van der Waals surface area contributed by atoms with Crippen LogP contribution >= 0.6 is 22.9 Å². The molecule has 0 radical (unpaired) electrons. The first-order valence-corrected chi connectivity index (χ1v) is 10.2. The summed E-state index contributed by atoms with van der Waals surface area (Å²) in [4.78, 5) is 3.89. The van der Waals surface area contributed by atoms with E-state index in [9.17, 15) is 8.42 Å². The Morgan fingerprint density at radius 1 is 1.35 bits per heavy atom. The predicted molar refractivity (Wildman–Crippen MR) is 94.5 cm³/mol. The first kappa shape index (κ1) is 16.9. The van der Waals surface area contributed by atoms with Gasteiger partial charge in [0.2, 0.25) is 10.0 Å². The molecule has 124 valence electrons. The third-order valence-electron chi connectivity index (χ3n) is 4.16. The molecule has 0 saturated carbocycles. The second-order valence-electron chi connectivity index (χ2n) is 5.72. The van der Waals surface area contributed by atoms with E-state index in [0.717, 1.165) is 19.5 Å². The third-order valence-corrected chi connectivity index (χ3v) is 7.10. The van der Waals surface area contributed by atoms with Crippen molar-refractivity contribution < 1.29 is 8.42 Å². The van der Waals surface area contributed by atoms with E-state index >= 15 is 0 Å². The van der Waals surface area contributed by atoms with Crippen molar-refractivity contribution in [2.75, 3.05) is 13.1 Å². The average Bonchev–Trinajstić information content (AvgIpc) is 3.00. The second kappa shape index (κ2) is 6.91. The molecule has 0 fully saturated rings. The van der Waals surface area contributed by atoms with E-state index in [1.165, 1.54) is 16.5 Å². The van der Waals surface area contributed by atoms with Crippen LogP contribution in [0.1, 0.15) is 17.4 Å². The normalized spacial score (nSPS) is 17.0. The molecular formula is C16H19ClN2O2S2. The van der Waals surface area contributed by atoms with Crippen LogP contribution < -0.4 is 4.72 Å². The SMILES string of the molecule is C[C@@H](CNS(=O)(=O)c1ccccc1Cl)N1CCc2sccc2C1. The number of sulfonamides is 1. The number of rotatable bonds is 5. The highest BCUT2D eigenvalue weighted by Crippen LogP contribution is 2.25. The third kappa shape index (κ3) is 3.78. The summed E-state index contributed by atoms with van der Waals surface area (Å²) >= 11 is 7.79. The van der Waals surface area contributed by atoms with Gasteiger partial charge in [0.05, 0.1) is 5.02 Å². The van der Waals surface area contributed by atoms with E-state index in [1.807, 2.05) is 6.92 Å². The summed E-state index contributed by atoms with van der Waals surface area (Å²) in [5.74, 6) is 0. The number of fused-ring (bicyclic) bond motifs is 1. The van der Waals surface area contributed by atoms with Gasteiger partial charge in [-0.05, 0) is 42.5 Å². The van der Waals surface area contributed by atoms with Crippen LogP contribution in [0.25, 0.3) is 0 Å². The van der Waals surface area contributed by atoms with Crippen molar-refractivity contribution in [3.63, 3.8) is 0 Å². The summed E-state index contributed by atoms with van der Waals surface area (Å²) in [5.41, 5.74) is 1.36. The minimum Gasteiger partial charge on any atom is -0.295 e. The highest BCUT2D eigenvalue weighted by Gasteiger charge is 2.24. The van der Waals surface area contributed by atoms with Crippen molar-refractivity contribution in [3.05, 3.63) is 51.2 Å². The topological polar surface area (TPSA) is 49.4 Å². The summed E-state index contributed by atoms with van der Waals surface area (Å²) in [6.45, 7) is 4.26. The fourth-order valence-corrected chi connectivity index (χ4v) is 5.28. The van der Waals surface area contributed by atoms with Gasteiger partial charge in [0.15, 0.2) is 0 Å². The number of hydrogen-bond acceptors (Lipinski definition) is 4. The van der Waals surface area contributed by atoms with Crippen molar-refractivity contribution >= 4 is 33.0 Å². The Hall–Kier alpha value is -0.920. The molecule has 1 N–H and O–H groups in total. The molecule has 1 aliphatic rings. The van der Waals surface area contributed by atoms with Crippen molar-refractivity contribution in [1.82, 2.24) is 9.62 Å². The lowest BCUT2D eigenvalue weighted by Crippen LogP contribution is -2.44. The molecule has 4 nitrogen and oxygen atoms in total. The van der Waals surface area contributed by atoms with Crippen molar-refractivity contribution in [1.29, 1.82) is 0 Å². The molecule has 0 spiro atoms. The van der Waals surface area contributed by atoms with Crippen molar-refractivity contribution in [2.45, 2.75) is 30.8 Å². The van der Waals surface area contributed by atoms with Crippen molar-refractivity contribution in [3.8, 4) is 0 Å². The van der Waals surface area contributed by atoms with Crippen LogP contribution in [0.4, 0.5) is 0 Å². The van der Waals surface area contributed by atoms with Crippen molar-refractivity contribution in [2.24, 2.45) is 0 Å². The number of halogens is 1. The van der Waals surface area contributed by atoms with Crippen LogP contribution in [0.3, 0.4) is 0 Å². The number of nitrogens with zero attached hydrogens (tertiary/aromatic N) is 1. The minimum absolute atomic E-state index is 0.125. The predicted octanol–water partition coefficient (Wildman–Crippen LogP) is 3.13. The molecule has 0 unspecified atom stereocenters. The molecule has 1 aromatic carbocycles. The maximum atomic E-state index is 12.4. The molecule has 1 atom stereocenters. The molecule has 0 aliphatic carbocycles. The van der Waals surface area contributed by atoms with Gasteiger partial charge >= 0.3 is 0 Å². The van der Waals surface area contributed by atoms with E-state index in [1.54, 1.807) is 29.5 Å². The smallest absolute Gasteiger partial charge is 0.242 e. The Bertz CT molecular complexity index is 789. The van der Waals surface area contributed by atoms with Gasteiger partial charge in [0.1, 0.15) is 4.90 Å². The Labute approximate surface area is 146 Å². The maximum Gasteiger partial charge on any atom is 0.242 e. The molecule has 0 amide bonds. The first-order valence-electron chi connectivity index (χ1n) is 7.51. The molecule has 2 heterocycles. The van der Waals surface area contributed by atoms with Crippen LogP contribution in [0.5, 0.6) is 0 Å². The first-order chi connectivity index (χ1) is 11.0. The summed E-state index contributed by atoms with van der Waals surface area (Å²) < 4.78 is 27.4. The maximum absolute atomic E-state index is 12.4. The average molecular weight is 371 g/mol. The van der Waals surface area contributed by atoms with Gasteiger partial charge in [-0.15, -0.1) is 11.3 Å². The summed E-state index contributed by atoms with van der Waals surface area (Å²) in [5, 5.41) is 2.37. The molecule has 2 aromatic rings. The quantitative estimate of drug-likeness (QED) is 0.879. The van der Waals surface area contributed by atoms with Crippen LogP contribution in [-0.2, 0) is 23.0 Å². The van der Waals surface area contributed by atoms with Gasteiger partial charge in [-0.25, -0.2) is 13.1 Å². The minimum atomic E-state index is -3.58. The Balaban J connectivity index is 1.63. The number of thiophene rings is 1. The lowest BCUT2D eigenvalue weighted by Gasteiger charge is -2.32. The second-order valence-corrected chi connectivity index (χ2v) is 8.86. The van der Waals surface area contributed by atoms with E-state index in [2.05, 4.69) is 21.1 Å². The molecule has 23 heavy (non-hydrogen) atoms. The molecule has 0 bridgehead atoms. The van der Waals surface area contributed by atoms with E-state index in [0.29, 0.717) is 6.54 Å². The standard InChI is InChI=1S/C16H19ClN2O2S2/c1-12(19-8-6-15-13(11-19)7-9-22-15)10-18-23(20,21)16-5-3-2-4-14(16)17/h2-5,7,9,12,18H,6,8,10-11H2,1H3/t12-/m0/s1. The largest absolute Gasteiger partial charge is 0.295 e. The zero-order chi connectivity index (χ0) is 16.4. The van der Waals surface area contributed by atoms with E-state index in [-0.39, 0.29) is 16.0 Å².